The first kappa shape index (κ1) is 19.5. The number of nitrogens with one attached hydrogen (secondary N) is 1. The van der Waals surface area contributed by atoms with Gasteiger partial charge in [-0.05, 0) is 34.1 Å². The van der Waals surface area contributed by atoms with Crippen LogP contribution in [0.2, 0.25) is 0 Å². The summed E-state index contributed by atoms with van der Waals surface area (Å²) in [5.74, 6) is 1.48. The maximum Gasteiger partial charge on any atom is 0.265 e. The molecule has 0 bridgehead atoms. The maximum atomic E-state index is 4.40. The summed E-state index contributed by atoms with van der Waals surface area (Å²) >= 11 is 0. The molecule has 6 heteroatoms. The van der Waals surface area contributed by atoms with E-state index in [0.717, 1.165) is 11.1 Å². The molecule has 0 aliphatic carbocycles. The molecule has 0 saturated heterocycles. The molecular weight excluding hydrogens is 348 g/mol. The Labute approximate surface area is 166 Å². The molecule has 0 atom stereocenters. The Morgan fingerprint density at radius 1 is 0.821 bits per heavy atom. The van der Waals surface area contributed by atoms with Gasteiger partial charge >= 0.3 is 0 Å². The van der Waals surface area contributed by atoms with Gasteiger partial charge in [0.1, 0.15) is 6.33 Å². The molecule has 0 unspecified atom stereocenters. The average Bonchev–Trinajstić information content (AvgIpc) is 3.14. The predicted molar refractivity (Wildman–Crippen MR) is 115 cm³/mol. The molecule has 28 heavy (non-hydrogen) atoms. The van der Waals surface area contributed by atoms with E-state index >= 15 is 0 Å². The van der Waals surface area contributed by atoms with Crippen LogP contribution in [0.4, 0.5) is 5.95 Å². The lowest BCUT2D eigenvalue weighted by Gasteiger charge is -2.05. The summed E-state index contributed by atoms with van der Waals surface area (Å²) in [6, 6.07) is 16.7. The fourth-order valence-corrected chi connectivity index (χ4v) is 2.62. The highest BCUT2D eigenvalue weighted by Crippen LogP contribution is 2.15. The second-order valence-electron chi connectivity index (χ2n) is 7.26. The Morgan fingerprint density at radius 3 is 1.89 bits per heavy atom. The topological polar surface area (TPSA) is 67.5 Å². The van der Waals surface area contributed by atoms with Crippen LogP contribution in [-0.2, 0) is 0 Å². The van der Waals surface area contributed by atoms with Crippen LogP contribution in [0.3, 0.4) is 0 Å². The van der Waals surface area contributed by atoms with E-state index in [2.05, 4.69) is 89.9 Å². The van der Waals surface area contributed by atoms with Crippen LogP contribution < -0.4 is 5.43 Å². The van der Waals surface area contributed by atoms with E-state index in [-0.39, 0.29) is 0 Å². The van der Waals surface area contributed by atoms with E-state index in [1.54, 1.807) is 17.1 Å². The second-order valence-corrected chi connectivity index (χ2v) is 7.26. The third-order valence-corrected chi connectivity index (χ3v) is 4.45. The standard InChI is InChI=1S/C22H26N6/c1-16(2)20-9-5-18(6-10-20)13-23-26-22-27-24-15-28(22)25-14-19-7-11-21(12-8-19)17(3)4/h5-17H,1-4H3,(H,26,27)/b23-13+,25-14+. The zero-order valence-corrected chi connectivity index (χ0v) is 16.7. The highest BCUT2D eigenvalue weighted by molar-refractivity contribution is 5.80. The minimum atomic E-state index is 0.449. The Hall–Kier alpha value is -3.28. The highest BCUT2D eigenvalue weighted by Gasteiger charge is 2.02. The van der Waals surface area contributed by atoms with Gasteiger partial charge in [-0.25, -0.2) is 5.43 Å². The number of nitrogens with zero attached hydrogens (tertiary/aromatic N) is 5. The lowest BCUT2D eigenvalue weighted by atomic mass is 10.0. The number of anilines is 1. The summed E-state index contributed by atoms with van der Waals surface area (Å²) in [4.78, 5) is 0. The average molecular weight is 374 g/mol. The number of hydrogen-bond acceptors (Lipinski definition) is 5. The fraction of sp³-hybridized carbons (Fsp3) is 0.273. The van der Waals surface area contributed by atoms with Crippen molar-refractivity contribution in [3.05, 3.63) is 77.1 Å². The van der Waals surface area contributed by atoms with E-state index in [1.807, 2.05) is 12.1 Å². The molecule has 0 fully saturated rings. The number of hydrogen-bond donors (Lipinski definition) is 1. The summed E-state index contributed by atoms with van der Waals surface area (Å²) < 4.78 is 1.55. The Bertz CT molecular complexity index is 934. The van der Waals surface area contributed by atoms with Gasteiger partial charge in [-0.2, -0.15) is 14.9 Å². The van der Waals surface area contributed by atoms with Crippen molar-refractivity contribution in [3.8, 4) is 0 Å². The predicted octanol–water partition coefficient (Wildman–Crippen LogP) is 4.85. The molecule has 0 radical (unpaired) electrons. The van der Waals surface area contributed by atoms with Crippen molar-refractivity contribution < 1.29 is 0 Å². The molecule has 3 aromatic rings. The van der Waals surface area contributed by atoms with E-state index in [0.29, 0.717) is 17.8 Å². The smallest absolute Gasteiger partial charge is 0.244 e. The summed E-state index contributed by atoms with van der Waals surface area (Å²) in [6.45, 7) is 8.71. The number of benzene rings is 2. The van der Waals surface area contributed by atoms with Crippen LogP contribution in [0.15, 0.2) is 65.1 Å². The van der Waals surface area contributed by atoms with E-state index in [9.17, 15) is 0 Å². The van der Waals surface area contributed by atoms with Gasteiger partial charge in [0.05, 0.1) is 12.4 Å². The van der Waals surface area contributed by atoms with Gasteiger partial charge in [0.25, 0.3) is 5.95 Å². The number of rotatable bonds is 7. The van der Waals surface area contributed by atoms with Gasteiger partial charge in [0, 0.05) is 0 Å². The Morgan fingerprint density at radius 2 is 1.36 bits per heavy atom. The Balaban J connectivity index is 1.63. The lowest BCUT2D eigenvalue weighted by molar-refractivity contribution is 0.866. The molecule has 6 nitrogen and oxygen atoms in total. The van der Waals surface area contributed by atoms with Crippen LogP contribution in [0.25, 0.3) is 0 Å². The molecule has 3 rings (SSSR count). The van der Waals surface area contributed by atoms with Gasteiger partial charge in [0.2, 0.25) is 0 Å². The summed E-state index contributed by atoms with van der Waals surface area (Å²) in [5.41, 5.74) is 7.52. The number of aromatic nitrogens is 3. The molecule has 0 spiro atoms. The minimum absolute atomic E-state index is 0.449. The minimum Gasteiger partial charge on any atom is -0.244 e. The maximum absolute atomic E-state index is 4.40. The first-order valence-electron chi connectivity index (χ1n) is 9.46. The monoisotopic (exact) mass is 374 g/mol. The van der Waals surface area contributed by atoms with Gasteiger partial charge in [-0.3, -0.25) is 0 Å². The Kier molecular flexibility index (Phi) is 6.32. The zero-order chi connectivity index (χ0) is 19.9. The van der Waals surface area contributed by atoms with Gasteiger partial charge < -0.3 is 0 Å². The quantitative estimate of drug-likeness (QED) is 0.475. The van der Waals surface area contributed by atoms with Gasteiger partial charge in [-0.1, -0.05) is 76.2 Å². The normalized spacial score (nSPS) is 11.9. The molecule has 0 amide bonds. The third kappa shape index (κ3) is 5.13. The van der Waals surface area contributed by atoms with Crippen molar-refractivity contribution in [1.82, 2.24) is 14.9 Å². The molecule has 0 aliphatic rings. The SMILES string of the molecule is CC(C)c1ccc(/C=N/Nc2nncn2/N=C/c2ccc(C(C)C)cc2)cc1. The van der Waals surface area contributed by atoms with Crippen molar-refractivity contribution in [2.45, 2.75) is 39.5 Å². The highest BCUT2D eigenvalue weighted by atomic mass is 15.5. The van der Waals surface area contributed by atoms with E-state index in [4.69, 9.17) is 0 Å². The van der Waals surface area contributed by atoms with E-state index < -0.39 is 0 Å². The van der Waals surface area contributed by atoms with Crippen molar-refractivity contribution in [1.29, 1.82) is 0 Å². The second kappa shape index (κ2) is 9.08. The molecule has 144 valence electrons. The van der Waals surface area contributed by atoms with Crippen LogP contribution in [0, 0.1) is 0 Å². The van der Waals surface area contributed by atoms with Crippen LogP contribution in [0.1, 0.15) is 61.8 Å². The molecule has 0 aliphatic heterocycles. The molecule has 0 saturated carbocycles. The largest absolute Gasteiger partial charge is 0.265 e. The third-order valence-electron chi connectivity index (χ3n) is 4.45. The van der Waals surface area contributed by atoms with E-state index in [1.165, 1.54) is 17.5 Å². The summed E-state index contributed by atoms with van der Waals surface area (Å²) in [7, 11) is 0. The molecule has 1 aromatic heterocycles. The summed E-state index contributed by atoms with van der Waals surface area (Å²) in [5, 5.41) is 16.5. The first-order valence-corrected chi connectivity index (χ1v) is 9.46. The van der Waals surface area contributed by atoms with Gasteiger partial charge in [0.15, 0.2) is 0 Å². The lowest BCUT2D eigenvalue weighted by Crippen LogP contribution is -1.99. The van der Waals surface area contributed by atoms with Crippen LogP contribution in [-0.4, -0.2) is 27.3 Å². The fourth-order valence-electron chi connectivity index (χ4n) is 2.62. The molecule has 1 heterocycles. The molecular formula is C22H26N6. The van der Waals surface area contributed by atoms with Crippen LogP contribution >= 0.6 is 0 Å². The first-order chi connectivity index (χ1) is 13.5. The van der Waals surface area contributed by atoms with Crippen molar-refractivity contribution in [3.63, 3.8) is 0 Å². The number of hydrazone groups is 1. The van der Waals surface area contributed by atoms with Crippen molar-refractivity contribution in [2.75, 3.05) is 5.43 Å². The molecule has 2 aromatic carbocycles. The van der Waals surface area contributed by atoms with Crippen molar-refractivity contribution in [2.24, 2.45) is 10.2 Å². The van der Waals surface area contributed by atoms with Crippen LogP contribution in [0.5, 0.6) is 0 Å². The zero-order valence-electron chi connectivity index (χ0n) is 16.7. The summed E-state index contributed by atoms with van der Waals surface area (Å²) in [6.07, 6.45) is 5.05. The molecule has 1 N–H and O–H groups in total. The van der Waals surface area contributed by atoms with Crippen molar-refractivity contribution >= 4 is 18.4 Å². The van der Waals surface area contributed by atoms with Gasteiger partial charge in [-0.15, -0.1) is 10.2 Å².